The van der Waals surface area contributed by atoms with E-state index in [1.807, 2.05) is 31.3 Å². The Hall–Kier alpha value is -1.30. The molecule has 5 nitrogen and oxygen atoms in total. The highest BCUT2D eigenvalue weighted by molar-refractivity contribution is 5.85. The number of para-hydroxylation sites is 1. The molecule has 1 fully saturated rings. The summed E-state index contributed by atoms with van der Waals surface area (Å²) < 4.78 is 10.6. The Morgan fingerprint density at radius 2 is 2.09 bits per heavy atom. The van der Waals surface area contributed by atoms with Crippen LogP contribution in [0, 0.1) is 0 Å². The highest BCUT2D eigenvalue weighted by Crippen LogP contribution is 2.18. The van der Waals surface area contributed by atoms with Gasteiger partial charge in [0.15, 0.2) is 0 Å². The van der Waals surface area contributed by atoms with Crippen LogP contribution >= 0.6 is 12.4 Å². The Kier molecular flexibility index (Phi) is 7.65. The SMILES string of the molecule is COc1ccccc1CCN(C)C(=O)[C@@H]1C[C@H](OC)CN1.Cl. The molecule has 1 aromatic carbocycles. The maximum atomic E-state index is 12.4. The molecule has 1 aliphatic rings. The summed E-state index contributed by atoms with van der Waals surface area (Å²) in [7, 11) is 5.20. The van der Waals surface area contributed by atoms with Crippen molar-refractivity contribution in [3.63, 3.8) is 0 Å². The Labute approximate surface area is 138 Å². The molecule has 1 heterocycles. The van der Waals surface area contributed by atoms with E-state index < -0.39 is 0 Å². The lowest BCUT2D eigenvalue weighted by Crippen LogP contribution is -2.42. The number of hydrogen-bond acceptors (Lipinski definition) is 4. The number of rotatable bonds is 6. The number of amides is 1. The molecule has 2 rings (SSSR count). The van der Waals surface area contributed by atoms with Crippen LogP contribution in [0.4, 0.5) is 0 Å². The van der Waals surface area contributed by atoms with Gasteiger partial charge in [0.2, 0.25) is 5.91 Å². The molecule has 0 bridgehead atoms. The summed E-state index contributed by atoms with van der Waals surface area (Å²) in [5.74, 6) is 1.00. The first kappa shape index (κ1) is 18.7. The van der Waals surface area contributed by atoms with Gasteiger partial charge in [-0.1, -0.05) is 18.2 Å². The van der Waals surface area contributed by atoms with Crippen molar-refractivity contribution in [3.8, 4) is 5.75 Å². The second kappa shape index (κ2) is 8.98. The van der Waals surface area contributed by atoms with Gasteiger partial charge >= 0.3 is 0 Å². The molecule has 1 amide bonds. The molecule has 22 heavy (non-hydrogen) atoms. The monoisotopic (exact) mass is 328 g/mol. The first-order chi connectivity index (χ1) is 10.2. The minimum Gasteiger partial charge on any atom is -0.496 e. The van der Waals surface area contributed by atoms with Gasteiger partial charge in [0, 0.05) is 27.2 Å². The van der Waals surface area contributed by atoms with Crippen LogP contribution in [0.1, 0.15) is 12.0 Å². The summed E-state index contributed by atoms with van der Waals surface area (Å²) in [5, 5.41) is 3.22. The summed E-state index contributed by atoms with van der Waals surface area (Å²) in [6.07, 6.45) is 1.67. The zero-order chi connectivity index (χ0) is 15.2. The summed E-state index contributed by atoms with van der Waals surface area (Å²) in [5.41, 5.74) is 1.12. The molecule has 0 radical (unpaired) electrons. The molecule has 1 N–H and O–H groups in total. The fourth-order valence-corrected chi connectivity index (χ4v) is 2.64. The van der Waals surface area contributed by atoms with E-state index in [4.69, 9.17) is 9.47 Å². The third kappa shape index (κ3) is 4.60. The minimum absolute atomic E-state index is 0. The van der Waals surface area contributed by atoms with Gasteiger partial charge in [-0.15, -0.1) is 12.4 Å². The predicted octanol–water partition coefficient (Wildman–Crippen LogP) is 1.49. The van der Waals surface area contributed by atoms with E-state index in [1.54, 1.807) is 19.1 Å². The third-order valence-corrected chi connectivity index (χ3v) is 4.01. The van der Waals surface area contributed by atoms with Gasteiger partial charge in [-0.2, -0.15) is 0 Å². The van der Waals surface area contributed by atoms with Crippen molar-refractivity contribution in [1.29, 1.82) is 0 Å². The Bertz CT molecular complexity index is 484. The molecule has 1 aliphatic heterocycles. The smallest absolute Gasteiger partial charge is 0.239 e. The fraction of sp³-hybridized carbons (Fsp3) is 0.562. The van der Waals surface area contributed by atoms with Crippen molar-refractivity contribution in [2.75, 3.05) is 34.4 Å². The van der Waals surface area contributed by atoms with E-state index in [2.05, 4.69) is 5.32 Å². The molecule has 0 saturated carbocycles. The van der Waals surface area contributed by atoms with Gasteiger partial charge in [0.1, 0.15) is 5.75 Å². The number of ether oxygens (including phenoxy) is 2. The number of benzene rings is 1. The van der Waals surface area contributed by atoms with E-state index in [9.17, 15) is 4.79 Å². The van der Waals surface area contributed by atoms with Gasteiger partial charge in [0.25, 0.3) is 0 Å². The first-order valence-electron chi connectivity index (χ1n) is 7.28. The highest BCUT2D eigenvalue weighted by atomic mass is 35.5. The van der Waals surface area contributed by atoms with Gasteiger partial charge in [-0.3, -0.25) is 4.79 Å². The third-order valence-electron chi connectivity index (χ3n) is 4.01. The lowest BCUT2D eigenvalue weighted by Gasteiger charge is -2.21. The zero-order valence-electron chi connectivity index (χ0n) is 13.4. The molecule has 0 spiro atoms. The topological polar surface area (TPSA) is 50.8 Å². The molecule has 2 atom stereocenters. The Morgan fingerprint density at radius 3 is 2.73 bits per heavy atom. The number of likely N-dealkylation sites (N-methyl/N-ethyl adjacent to an activating group) is 1. The van der Waals surface area contributed by atoms with E-state index in [0.717, 1.165) is 30.7 Å². The average Bonchev–Trinajstić information content (AvgIpc) is 3.01. The number of hydrogen-bond donors (Lipinski definition) is 1. The second-order valence-electron chi connectivity index (χ2n) is 5.38. The van der Waals surface area contributed by atoms with Gasteiger partial charge in [0.05, 0.1) is 19.3 Å². The number of carbonyl (C=O) groups excluding carboxylic acids is 1. The van der Waals surface area contributed by atoms with Gasteiger partial charge in [-0.25, -0.2) is 0 Å². The van der Waals surface area contributed by atoms with Gasteiger partial charge < -0.3 is 19.7 Å². The summed E-state index contributed by atoms with van der Waals surface area (Å²) in [6, 6.07) is 7.79. The Balaban J connectivity index is 0.00000242. The maximum Gasteiger partial charge on any atom is 0.239 e. The first-order valence-corrected chi connectivity index (χ1v) is 7.28. The van der Waals surface area contributed by atoms with Gasteiger partial charge in [-0.05, 0) is 24.5 Å². The van der Waals surface area contributed by atoms with E-state index in [1.165, 1.54) is 0 Å². The summed E-state index contributed by atoms with van der Waals surface area (Å²) >= 11 is 0. The van der Waals surface area contributed by atoms with Crippen LogP contribution in [0.3, 0.4) is 0 Å². The van der Waals surface area contributed by atoms with Crippen LogP contribution in [0.15, 0.2) is 24.3 Å². The van der Waals surface area contributed by atoms with Crippen molar-refractivity contribution < 1.29 is 14.3 Å². The number of methoxy groups -OCH3 is 2. The van der Waals surface area contributed by atoms with Crippen LogP contribution in [0.2, 0.25) is 0 Å². The van der Waals surface area contributed by atoms with Crippen molar-refractivity contribution in [1.82, 2.24) is 10.2 Å². The molecule has 0 aromatic heterocycles. The molecule has 0 aliphatic carbocycles. The van der Waals surface area contributed by atoms with Crippen molar-refractivity contribution >= 4 is 18.3 Å². The largest absolute Gasteiger partial charge is 0.496 e. The predicted molar refractivity (Wildman–Crippen MR) is 88.8 cm³/mol. The molecule has 1 aromatic rings. The van der Waals surface area contributed by atoms with E-state index in [-0.39, 0.29) is 30.5 Å². The standard InChI is InChI=1S/C16H24N2O3.ClH/c1-18(16(19)14-10-13(20-2)11-17-14)9-8-12-6-4-5-7-15(12)21-3;/h4-7,13-14,17H,8-11H2,1-3H3;1H/t13-,14-;/m0./s1. The fourth-order valence-electron chi connectivity index (χ4n) is 2.64. The van der Waals surface area contributed by atoms with E-state index in [0.29, 0.717) is 6.54 Å². The number of nitrogens with one attached hydrogen (secondary N) is 1. The number of halogens is 1. The zero-order valence-corrected chi connectivity index (χ0v) is 14.2. The molecular weight excluding hydrogens is 304 g/mol. The molecule has 0 unspecified atom stereocenters. The number of nitrogens with zero attached hydrogens (tertiary/aromatic N) is 1. The van der Waals surface area contributed by atoms with Crippen molar-refractivity contribution in [2.45, 2.75) is 25.0 Å². The highest BCUT2D eigenvalue weighted by Gasteiger charge is 2.30. The molecule has 6 heteroatoms. The van der Waals surface area contributed by atoms with E-state index >= 15 is 0 Å². The Morgan fingerprint density at radius 1 is 1.36 bits per heavy atom. The quantitative estimate of drug-likeness (QED) is 0.859. The van der Waals surface area contributed by atoms with Crippen LogP contribution in [-0.2, 0) is 16.0 Å². The minimum atomic E-state index is -0.127. The summed E-state index contributed by atoms with van der Waals surface area (Å²) in [4.78, 5) is 14.1. The molecular formula is C16H25ClN2O3. The average molecular weight is 329 g/mol. The van der Waals surface area contributed by atoms with Crippen molar-refractivity contribution in [3.05, 3.63) is 29.8 Å². The normalized spacial score (nSPS) is 20.3. The van der Waals surface area contributed by atoms with Crippen LogP contribution in [-0.4, -0.2) is 57.3 Å². The van der Waals surface area contributed by atoms with Crippen LogP contribution in [0.25, 0.3) is 0 Å². The van der Waals surface area contributed by atoms with Crippen LogP contribution < -0.4 is 10.1 Å². The van der Waals surface area contributed by atoms with Crippen molar-refractivity contribution in [2.24, 2.45) is 0 Å². The second-order valence-corrected chi connectivity index (χ2v) is 5.38. The molecule has 124 valence electrons. The lowest BCUT2D eigenvalue weighted by atomic mass is 10.1. The number of carbonyl (C=O) groups is 1. The summed E-state index contributed by atoms with van der Waals surface area (Å²) in [6.45, 7) is 1.42. The molecule has 1 saturated heterocycles. The van der Waals surface area contributed by atoms with Crippen LogP contribution in [0.5, 0.6) is 5.75 Å². The lowest BCUT2D eigenvalue weighted by molar-refractivity contribution is -0.131. The maximum absolute atomic E-state index is 12.4.